The largest absolute Gasteiger partial charge is 0.481 e. The van der Waals surface area contributed by atoms with Gasteiger partial charge in [0.25, 0.3) is 0 Å². The van der Waals surface area contributed by atoms with Crippen molar-refractivity contribution >= 4 is 64.6 Å². The number of rotatable bonds is 18. The average molecular weight is 881 g/mol. The van der Waals surface area contributed by atoms with E-state index in [1.54, 1.807) is 41.5 Å². The minimum atomic E-state index is -1.63. The number of nitrogens with zero attached hydrogens (tertiary/aromatic N) is 4. The molecule has 63 heavy (non-hydrogen) atoms. The van der Waals surface area contributed by atoms with Crippen LogP contribution in [0.2, 0.25) is 0 Å². The molecule has 0 aromatic carbocycles. The van der Waals surface area contributed by atoms with E-state index in [0.717, 1.165) is 0 Å². The van der Waals surface area contributed by atoms with Gasteiger partial charge in [0.05, 0.1) is 42.1 Å². The van der Waals surface area contributed by atoms with E-state index in [0.29, 0.717) is 33.9 Å². The quantitative estimate of drug-likeness (QED) is 0.0822. The van der Waals surface area contributed by atoms with E-state index in [1.807, 2.05) is 13.8 Å². The molecule has 0 aromatic rings. The van der Waals surface area contributed by atoms with Crippen LogP contribution in [-0.2, 0) is 33.6 Å². The fraction of sp³-hybridized carbons (Fsp3) is 0.667. The Hall–Kier alpha value is -5.55. The van der Waals surface area contributed by atoms with Gasteiger partial charge >= 0.3 is 41.8 Å². The van der Waals surface area contributed by atoms with Crippen molar-refractivity contribution in [1.82, 2.24) is 0 Å². The van der Waals surface area contributed by atoms with Crippen LogP contribution < -0.4 is 0 Å². The molecule has 18 heteroatoms. The highest BCUT2D eigenvalue weighted by atomic mass is 16.4. The Morgan fingerprint density at radius 3 is 1.73 bits per heavy atom. The molecule has 5 rings (SSSR count). The van der Waals surface area contributed by atoms with Crippen molar-refractivity contribution in [3.63, 3.8) is 0 Å². The zero-order chi connectivity index (χ0) is 47.4. The lowest BCUT2D eigenvalue weighted by Crippen LogP contribution is -2.55. The summed E-state index contributed by atoms with van der Waals surface area (Å²) in [6, 6.07) is -1.14. The van der Waals surface area contributed by atoms with Gasteiger partial charge in [-0.25, -0.2) is 0 Å². The summed E-state index contributed by atoms with van der Waals surface area (Å²) in [5, 5.41) is 71.6. The van der Waals surface area contributed by atoms with Crippen molar-refractivity contribution in [2.75, 3.05) is 0 Å². The first kappa shape index (κ1) is 48.5. The van der Waals surface area contributed by atoms with Crippen LogP contribution in [0.15, 0.2) is 42.4 Å². The minimum absolute atomic E-state index is 0.0204. The van der Waals surface area contributed by atoms with Crippen LogP contribution in [0.1, 0.15) is 132 Å². The lowest BCUT2D eigenvalue weighted by Gasteiger charge is -2.48. The SMILES string of the molecule is CC1=C(CCC(=O)O)C2=N[C@@]1(C)CC1=N/C(=C(/C)C3=N[C@@](C)([C@@H]4N=C(C2C)[C@](C)(CCC(=O)O)[C@H]4CC(=O)O)[C@@](C)(CC(=O)O)[C@@H]3CCC(=O)O)[C@@](C)(CC(=O)O)[C@@H]1CCC(=O)O. The summed E-state index contributed by atoms with van der Waals surface area (Å²) >= 11 is 0. The Kier molecular flexibility index (Phi) is 13.2. The third kappa shape index (κ3) is 8.61. The highest BCUT2D eigenvalue weighted by Crippen LogP contribution is 2.62. The highest BCUT2D eigenvalue weighted by molar-refractivity contribution is 6.19. The number of fused-ring (bicyclic) bond motifs is 5. The van der Waals surface area contributed by atoms with E-state index >= 15 is 0 Å². The van der Waals surface area contributed by atoms with Gasteiger partial charge < -0.3 is 35.7 Å². The summed E-state index contributed by atoms with van der Waals surface area (Å²) in [5.41, 5.74) is -3.50. The van der Waals surface area contributed by atoms with Crippen molar-refractivity contribution in [3.05, 3.63) is 22.4 Å². The van der Waals surface area contributed by atoms with Crippen LogP contribution in [0.4, 0.5) is 0 Å². The molecule has 1 unspecified atom stereocenters. The summed E-state index contributed by atoms with van der Waals surface area (Å²) in [6.07, 6.45) is -3.21. The van der Waals surface area contributed by atoms with Gasteiger partial charge in [-0.3, -0.25) is 53.5 Å². The average Bonchev–Trinajstić information content (AvgIpc) is 3.75. The van der Waals surface area contributed by atoms with Gasteiger partial charge in [-0.05, 0) is 70.1 Å². The van der Waals surface area contributed by atoms with Gasteiger partial charge in [0.1, 0.15) is 0 Å². The van der Waals surface area contributed by atoms with Crippen LogP contribution in [0.25, 0.3) is 0 Å². The first-order valence-corrected chi connectivity index (χ1v) is 21.4. The molecule has 18 nitrogen and oxygen atoms in total. The van der Waals surface area contributed by atoms with E-state index in [2.05, 4.69) is 0 Å². The molecule has 0 aromatic heterocycles. The summed E-state index contributed by atoms with van der Waals surface area (Å²) in [6.45, 7) is 13.9. The lowest BCUT2D eigenvalue weighted by atomic mass is 9.55. The maximum atomic E-state index is 13.1. The van der Waals surface area contributed by atoms with Crippen LogP contribution in [0.3, 0.4) is 0 Å². The van der Waals surface area contributed by atoms with E-state index in [9.17, 15) is 69.3 Å². The van der Waals surface area contributed by atoms with Crippen LogP contribution in [-0.4, -0.2) is 117 Å². The fourth-order valence-electron chi connectivity index (χ4n) is 11.9. The lowest BCUT2D eigenvalue weighted by molar-refractivity contribution is -0.143. The Balaban J connectivity index is 1.99. The van der Waals surface area contributed by atoms with Gasteiger partial charge in [0.15, 0.2) is 0 Å². The smallest absolute Gasteiger partial charge is 0.304 e. The van der Waals surface area contributed by atoms with Gasteiger partial charge in [0, 0.05) is 94.9 Å². The third-order valence-electron chi connectivity index (χ3n) is 15.4. The number of allylic oxidation sites excluding steroid dienone is 3. The molecule has 7 N–H and O–H groups in total. The molecular formula is C45H60N4O14. The van der Waals surface area contributed by atoms with Gasteiger partial charge in [-0.15, -0.1) is 0 Å². The Labute approximate surface area is 365 Å². The van der Waals surface area contributed by atoms with Gasteiger partial charge in [-0.1, -0.05) is 27.7 Å². The van der Waals surface area contributed by atoms with Crippen LogP contribution in [0, 0.1) is 39.9 Å². The fourth-order valence-corrected chi connectivity index (χ4v) is 11.9. The third-order valence-corrected chi connectivity index (χ3v) is 15.4. The molecule has 0 fully saturated rings. The number of carboxylic acids is 7. The summed E-state index contributed by atoms with van der Waals surface area (Å²) in [7, 11) is 0. The molecule has 8 bridgehead atoms. The van der Waals surface area contributed by atoms with Crippen LogP contribution >= 0.6 is 0 Å². The second-order valence-electron chi connectivity index (χ2n) is 19.3. The minimum Gasteiger partial charge on any atom is -0.481 e. The standard InChI is InChI=1S/C45H60N4O14/c1-21-36-24(9-12-29(50)51)23(3)44(7,48-36)18-28-25(10-13-30(52)53)42(5,19-34(60)61)39(46-28)22(2)37-26(11-14-31(54)55)43(6,20-35(62)63)45(8,49-37)40-27(17-33(58)59)41(4,38(21)47-40)16-15-32(56)57/h21,25-27,40H,9-20H2,1-8H3,(H,50,51)(H,52,53)(H,54,55)(H,56,57)(H,58,59)(H,60,61)(H,62,63)/b39-22-/t21?,25-,26-,27+,40-,41-,42+,43+,44+,45+/m1/s1. The van der Waals surface area contributed by atoms with E-state index in [-0.39, 0.29) is 62.8 Å². The molecule has 0 spiro atoms. The molecule has 0 aliphatic carbocycles. The first-order chi connectivity index (χ1) is 29.1. The van der Waals surface area contributed by atoms with Crippen molar-refractivity contribution < 1.29 is 69.3 Å². The predicted octanol–water partition coefficient (Wildman–Crippen LogP) is 6.07. The second kappa shape index (κ2) is 17.2. The Morgan fingerprint density at radius 1 is 0.651 bits per heavy atom. The van der Waals surface area contributed by atoms with Crippen molar-refractivity contribution in [2.45, 2.75) is 150 Å². The van der Waals surface area contributed by atoms with Crippen molar-refractivity contribution in [1.29, 1.82) is 0 Å². The van der Waals surface area contributed by atoms with Crippen molar-refractivity contribution in [3.8, 4) is 0 Å². The molecule has 5 aliphatic rings. The molecule has 0 radical (unpaired) electrons. The number of aliphatic carboxylic acids is 7. The summed E-state index contributed by atoms with van der Waals surface area (Å²) < 4.78 is 0. The molecule has 344 valence electrons. The molecule has 5 aliphatic heterocycles. The molecular weight excluding hydrogens is 821 g/mol. The zero-order valence-electron chi connectivity index (χ0n) is 37.1. The summed E-state index contributed by atoms with van der Waals surface area (Å²) in [5.74, 6) is -11.7. The van der Waals surface area contributed by atoms with E-state index in [4.69, 9.17) is 20.0 Å². The Bertz CT molecular complexity index is 2220. The summed E-state index contributed by atoms with van der Waals surface area (Å²) in [4.78, 5) is 109. The number of hydrogen-bond acceptors (Lipinski definition) is 11. The maximum Gasteiger partial charge on any atom is 0.304 e. The molecule has 5 heterocycles. The first-order valence-electron chi connectivity index (χ1n) is 21.4. The van der Waals surface area contributed by atoms with E-state index < -0.39 is 125 Å². The highest BCUT2D eigenvalue weighted by Gasteiger charge is 2.66. The number of aliphatic imine (C=N–C) groups is 4. The molecule has 0 saturated heterocycles. The molecule has 10 atom stereocenters. The predicted molar refractivity (Wildman–Crippen MR) is 229 cm³/mol. The number of carbonyl (C=O) groups is 7. The normalized spacial score (nSPS) is 35.8. The zero-order valence-corrected chi connectivity index (χ0v) is 37.1. The molecule has 0 saturated carbocycles. The van der Waals surface area contributed by atoms with Crippen molar-refractivity contribution in [2.24, 2.45) is 59.9 Å². The van der Waals surface area contributed by atoms with Gasteiger partial charge in [-0.2, -0.15) is 0 Å². The number of hydrogen-bond donors (Lipinski definition) is 7. The monoisotopic (exact) mass is 880 g/mol. The number of carboxylic acid groups (broad SMARTS) is 7. The van der Waals surface area contributed by atoms with E-state index in [1.165, 1.54) is 0 Å². The Morgan fingerprint density at radius 2 is 1.21 bits per heavy atom. The second-order valence-corrected chi connectivity index (χ2v) is 19.3. The van der Waals surface area contributed by atoms with Gasteiger partial charge in [0.2, 0.25) is 0 Å². The molecule has 0 amide bonds. The van der Waals surface area contributed by atoms with Crippen LogP contribution in [0.5, 0.6) is 0 Å². The maximum absolute atomic E-state index is 13.1. The topological polar surface area (TPSA) is 311 Å².